The summed E-state index contributed by atoms with van der Waals surface area (Å²) in [5.74, 6) is -3.64. The number of esters is 2. The van der Waals surface area contributed by atoms with Crippen LogP contribution in [0.3, 0.4) is 0 Å². The van der Waals surface area contributed by atoms with Crippen LogP contribution in [0.4, 0.5) is 37.7 Å². The molecule has 18 heteroatoms. The van der Waals surface area contributed by atoms with Gasteiger partial charge in [-0.05, 0) is 139 Å². The molecule has 2 atom stereocenters. The SMILES string of the molecule is Nc1ccc(C(C(O)C(=O)/C=C/c2ccc(OC(=O)c3ccc(OCCCCC(F)(F)F)cc3)cc2)C(O)C(=O)/C=C/c2ccc(OC(=O)c3ccc(OCCCCC(F)(F)F)cc3)cc2)c(N)c1. The molecular formula is C51H48F6N2O10. The lowest BCUT2D eigenvalue weighted by Crippen LogP contribution is -2.39. The first-order valence-corrected chi connectivity index (χ1v) is 21.4. The predicted molar refractivity (Wildman–Crippen MR) is 245 cm³/mol. The number of aliphatic hydroxyl groups excluding tert-OH is 2. The molecule has 5 rings (SSSR count). The van der Waals surface area contributed by atoms with E-state index in [1.807, 2.05) is 0 Å². The van der Waals surface area contributed by atoms with Crippen LogP contribution in [0.2, 0.25) is 0 Å². The van der Waals surface area contributed by atoms with Crippen molar-refractivity contribution in [3.05, 3.63) is 155 Å². The Morgan fingerprint density at radius 1 is 0.522 bits per heavy atom. The van der Waals surface area contributed by atoms with Crippen molar-refractivity contribution in [1.82, 2.24) is 0 Å². The second kappa shape index (κ2) is 24.5. The Morgan fingerprint density at radius 3 is 1.26 bits per heavy atom. The maximum absolute atomic E-state index is 13.4. The number of aliphatic hydroxyl groups is 2. The number of rotatable bonds is 23. The fourth-order valence-corrected chi connectivity index (χ4v) is 6.55. The Kier molecular flexibility index (Phi) is 18.7. The van der Waals surface area contributed by atoms with Crippen molar-refractivity contribution in [3.8, 4) is 23.0 Å². The van der Waals surface area contributed by atoms with Crippen molar-refractivity contribution >= 4 is 47.0 Å². The molecule has 0 aliphatic heterocycles. The van der Waals surface area contributed by atoms with Crippen LogP contribution in [0.15, 0.2) is 127 Å². The molecule has 0 aliphatic carbocycles. The topological polar surface area (TPSA) is 198 Å². The maximum Gasteiger partial charge on any atom is 0.389 e. The van der Waals surface area contributed by atoms with E-state index in [0.717, 1.165) is 12.2 Å². The lowest BCUT2D eigenvalue weighted by Gasteiger charge is -2.26. The third-order valence-electron chi connectivity index (χ3n) is 10.2. The molecule has 6 N–H and O–H groups in total. The zero-order valence-corrected chi connectivity index (χ0v) is 36.8. The van der Waals surface area contributed by atoms with Gasteiger partial charge in [0.1, 0.15) is 35.2 Å². The normalized spacial score (nSPS) is 13.2. The Bertz CT molecular complexity index is 2410. The van der Waals surface area contributed by atoms with E-state index in [4.69, 9.17) is 30.4 Å². The fraction of sp³-hybridized carbons (Fsp3) is 0.255. The van der Waals surface area contributed by atoms with Crippen molar-refractivity contribution in [2.45, 2.75) is 69.0 Å². The van der Waals surface area contributed by atoms with Gasteiger partial charge >= 0.3 is 24.3 Å². The average Bonchev–Trinajstić information content (AvgIpc) is 3.31. The zero-order chi connectivity index (χ0) is 50.1. The summed E-state index contributed by atoms with van der Waals surface area (Å²) in [6, 6.07) is 27.9. The Labute approximate surface area is 392 Å². The van der Waals surface area contributed by atoms with Crippen molar-refractivity contribution in [2.75, 3.05) is 24.7 Å². The molecule has 0 saturated heterocycles. The first kappa shape index (κ1) is 52.5. The van der Waals surface area contributed by atoms with E-state index in [0.29, 0.717) is 22.6 Å². The molecule has 69 heavy (non-hydrogen) atoms. The molecule has 0 saturated carbocycles. The second-order valence-electron chi connectivity index (χ2n) is 15.6. The minimum Gasteiger partial charge on any atom is -0.494 e. The summed E-state index contributed by atoms with van der Waals surface area (Å²) in [4.78, 5) is 52.2. The summed E-state index contributed by atoms with van der Waals surface area (Å²) in [7, 11) is 0. The minimum absolute atomic E-state index is 0.00659. The van der Waals surface area contributed by atoms with Crippen LogP contribution >= 0.6 is 0 Å². The third kappa shape index (κ3) is 17.3. The summed E-state index contributed by atoms with van der Waals surface area (Å²) < 4.78 is 95.6. The van der Waals surface area contributed by atoms with Crippen molar-refractivity contribution < 1.29 is 74.7 Å². The van der Waals surface area contributed by atoms with Gasteiger partial charge in [-0.25, -0.2) is 9.59 Å². The van der Waals surface area contributed by atoms with E-state index in [1.54, 1.807) is 0 Å². The van der Waals surface area contributed by atoms with Crippen LogP contribution in [0.25, 0.3) is 12.2 Å². The number of ether oxygens (including phenoxy) is 4. The number of anilines is 2. The number of nitrogen functional groups attached to an aromatic ring is 2. The van der Waals surface area contributed by atoms with Gasteiger partial charge < -0.3 is 40.6 Å². The van der Waals surface area contributed by atoms with E-state index in [9.17, 15) is 55.7 Å². The smallest absolute Gasteiger partial charge is 0.389 e. The molecule has 0 amide bonds. The van der Waals surface area contributed by atoms with Crippen LogP contribution in [0.5, 0.6) is 23.0 Å². The molecule has 0 aromatic heterocycles. The lowest BCUT2D eigenvalue weighted by molar-refractivity contribution is -0.136. The number of carbonyl (C=O) groups excluding carboxylic acids is 4. The molecular weight excluding hydrogens is 915 g/mol. The molecule has 2 unspecified atom stereocenters. The van der Waals surface area contributed by atoms with E-state index < -0.39 is 66.8 Å². The molecule has 0 fully saturated rings. The number of hydrogen-bond donors (Lipinski definition) is 4. The molecule has 0 heterocycles. The van der Waals surface area contributed by atoms with Crippen LogP contribution in [0.1, 0.15) is 81.8 Å². The molecule has 0 aliphatic rings. The molecule has 5 aromatic rings. The van der Waals surface area contributed by atoms with Gasteiger partial charge in [-0.3, -0.25) is 9.59 Å². The van der Waals surface area contributed by atoms with Crippen LogP contribution in [0, 0.1) is 0 Å². The number of halogens is 6. The highest BCUT2D eigenvalue weighted by atomic mass is 19.4. The highest BCUT2D eigenvalue weighted by Crippen LogP contribution is 2.32. The second-order valence-corrected chi connectivity index (χ2v) is 15.6. The molecule has 0 bridgehead atoms. The van der Waals surface area contributed by atoms with E-state index >= 15 is 0 Å². The van der Waals surface area contributed by atoms with Crippen LogP contribution in [-0.2, 0) is 9.59 Å². The fourth-order valence-electron chi connectivity index (χ4n) is 6.55. The molecule has 364 valence electrons. The first-order valence-electron chi connectivity index (χ1n) is 21.4. The highest BCUT2D eigenvalue weighted by molar-refractivity contribution is 6.01. The number of unbranched alkanes of at least 4 members (excludes halogenated alkanes) is 2. The van der Waals surface area contributed by atoms with E-state index in [1.165, 1.54) is 127 Å². The Morgan fingerprint density at radius 2 is 0.899 bits per heavy atom. The lowest BCUT2D eigenvalue weighted by atomic mass is 9.83. The average molecular weight is 963 g/mol. The standard InChI is InChI=1S/C51H48F6N2O10/c52-50(53,54)27-1-3-29-66-37-20-11-34(12-21-37)48(64)68-39-16-5-32(6-17-39)9-25-43(60)46(62)45(41-24-15-36(58)31-42(41)59)47(63)44(61)26-10-33-7-18-40(19-8-33)69-49(65)35-13-22-38(23-14-35)67-30-4-2-28-51(55,56)57/h5-26,31,45-47,62-63H,1-4,27-30,58-59H2/b25-9+,26-10+. The van der Waals surface area contributed by atoms with Crippen molar-refractivity contribution in [3.63, 3.8) is 0 Å². The first-order chi connectivity index (χ1) is 32.7. The van der Waals surface area contributed by atoms with Gasteiger partial charge in [0.2, 0.25) is 0 Å². The summed E-state index contributed by atoms with van der Waals surface area (Å²) in [5.41, 5.74) is 13.7. The summed E-state index contributed by atoms with van der Waals surface area (Å²) >= 11 is 0. The summed E-state index contributed by atoms with van der Waals surface area (Å²) in [5, 5.41) is 22.7. The van der Waals surface area contributed by atoms with E-state index in [2.05, 4.69) is 0 Å². The zero-order valence-electron chi connectivity index (χ0n) is 36.8. The Balaban J connectivity index is 1.15. The monoisotopic (exact) mass is 962 g/mol. The molecule has 0 radical (unpaired) electrons. The van der Waals surface area contributed by atoms with Gasteiger partial charge in [-0.15, -0.1) is 0 Å². The largest absolute Gasteiger partial charge is 0.494 e. The van der Waals surface area contributed by atoms with Crippen LogP contribution in [-0.4, -0.2) is 71.5 Å². The summed E-state index contributed by atoms with van der Waals surface area (Å²) in [6.45, 7) is 0.162. The Hall–Kier alpha value is -7.44. The number of alkyl halides is 6. The number of ketones is 2. The number of benzene rings is 5. The number of hydrogen-bond acceptors (Lipinski definition) is 12. The molecule has 5 aromatic carbocycles. The molecule has 12 nitrogen and oxygen atoms in total. The van der Waals surface area contributed by atoms with Crippen molar-refractivity contribution in [2.24, 2.45) is 0 Å². The number of nitrogens with two attached hydrogens (primary N) is 2. The van der Waals surface area contributed by atoms with Gasteiger partial charge in [0, 0.05) is 24.2 Å². The number of carbonyl (C=O) groups is 4. The van der Waals surface area contributed by atoms with Gasteiger partial charge in [-0.2, -0.15) is 26.3 Å². The minimum atomic E-state index is -4.22. The maximum atomic E-state index is 13.4. The van der Waals surface area contributed by atoms with Gasteiger partial charge in [0.05, 0.1) is 30.3 Å². The van der Waals surface area contributed by atoms with Gasteiger partial charge in [0.25, 0.3) is 0 Å². The van der Waals surface area contributed by atoms with Crippen LogP contribution < -0.4 is 30.4 Å². The van der Waals surface area contributed by atoms with Crippen molar-refractivity contribution in [1.29, 1.82) is 0 Å². The van der Waals surface area contributed by atoms with Gasteiger partial charge in [0.15, 0.2) is 11.6 Å². The molecule has 0 spiro atoms. The highest BCUT2D eigenvalue weighted by Gasteiger charge is 2.37. The van der Waals surface area contributed by atoms with Gasteiger partial charge in [-0.1, -0.05) is 42.5 Å². The predicted octanol–water partition coefficient (Wildman–Crippen LogP) is 9.88. The summed E-state index contributed by atoms with van der Waals surface area (Å²) in [6.07, 6.45) is -9.07. The quantitative estimate of drug-likeness (QED) is 0.0121. The van der Waals surface area contributed by atoms with E-state index in [-0.39, 0.29) is 78.5 Å². The third-order valence-corrected chi connectivity index (χ3v) is 10.2.